The zero-order valence-electron chi connectivity index (χ0n) is 7.08. The maximum absolute atomic E-state index is 9.59. The van der Waals surface area contributed by atoms with E-state index < -0.39 is 0 Å². The minimum Gasteiger partial charge on any atom is -0.353 e. The highest BCUT2D eigenvalue weighted by Gasteiger charge is 1.96. The molecule has 0 aliphatic carbocycles. The molecule has 11 heavy (non-hydrogen) atoms. The minimum atomic E-state index is 0.198. The first-order valence-electron chi connectivity index (χ1n) is 3.79. The molecule has 0 aromatic heterocycles. The van der Waals surface area contributed by atoms with Crippen LogP contribution < -0.4 is 0 Å². The highest BCUT2D eigenvalue weighted by Crippen LogP contribution is 1.94. The van der Waals surface area contributed by atoms with Crippen molar-refractivity contribution in [3.05, 3.63) is 4.91 Å². The predicted octanol–water partition coefficient (Wildman–Crippen LogP) is 1.54. The third kappa shape index (κ3) is 7.42. The van der Waals surface area contributed by atoms with Gasteiger partial charge in [0.15, 0.2) is 0 Å². The van der Waals surface area contributed by atoms with E-state index >= 15 is 0 Å². The summed E-state index contributed by atoms with van der Waals surface area (Å²) in [6.45, 7) is 4.81. The van der Waals surface area contributed by atoms with Gasteiger partial charge in [0.2, 0.25) is 0 Å². The monoisotopic (exact) mass is 161 g/mol. The normalized spacial score (nSPS) is 12.9. The van der Waals surface area contributed by atoms with E-state index in [9.17, 15) is 4.91 Å². The van der Waals surface area contributed by atoms with Crippen LogP contribution in [0.15, 0.2) is 5.18 Å². The lowest BCUT2D eigenvalue weighted by Crippen LogP contribution is -2.11. The van der Waals surface area contributed by atoms with Gasteiger partial charge in [-0.3, -0.25) is 0 Å². The number of ether oxygens (including phenoxy) is 2. The van der Waals surface area contributed by atoms with Gasteiger partial charge < -0.3 is 9.47 Å². The van der Waals surface area contributed by atoms with Crippen molar-refractivity contribution in [3.63, 3.8) is 0 Å². The summed E-state index contributed by atoms with van der Waals surface area (Å²) in [7, 11) is 0. The van der Waals surface area contributed by atoms with Gasteiger partial charge in [0.05, 0.1) is 12.7 Å². The molecule has 0 bridgehead atoms. The summed E-state index contributed by atoms with van der Waals surface area (Å²) in [5.74, 6) is 0. The Hall–Kier alpha value is -0.480. The van der Waals surface area contributed by atoms with E-state index in [1.807, 2.05) is 13.8 Å². The molecular weight excluding hydrogens is 146 g/mol. The smallest absolute Gasteiger partial charge is 0.147 e. The van der Waals surface area contributed by atoms with Crippen LogP contribution in [0, 0.1) is 4.91 Å². The van der Waals surface area contributed by atoms with Crippen molar-refractivity contribution in [3.8, 4) is 0 Å². The molecule has 0 aliphatic heterocycles. The molecule has 0 rings (SSSR count). The van der Waals surface area contributed by atoms with E-state index in [1.165, 1.54) is 0 Å². The first-order chi connectivity index (χ1) is 5.31. The van der Waals surface area contributed by atoms with Crippen LogP contribution in [0.2, 0.25) is 0 Å². The van der Waals surface area contributed by atoms with E-state index in [-0.39, 0.29) is 19.4 Å². The second-order valence-corrected chi connectivity index (χ2v) is 2.26. The summed E-state index contributed by atoms with van der Waals surface area (Å²) in [6.07, 6.45) is 1.19. The second kappa shape index (κ2) is 7.63. The minimum absolute atomic E-state index is 0.198. The quantitative estimate of drug-likeness (QED) is 0.323. The average Bonchev–Trinajstić information content (AvgIpc) is 2.04. The van der Waals surface area contributed by atoms with Crippen LogP contribution in [0.4, 0.5) is 0 Å². The molecule has 66 valence electrons. The van der Waals surface area contributed by atoms with Crippen molar-refractivity contribution in [2.45, 2.75) is 26.4 Å². The van der Waals surface area contributed by atoms with Crippen molar-refractivity contribution in [1.82, 2.24) is 0 Å². The molecule has 0 aromatic carbocycles. The van der Waals surface area contributed by atoms with Crippen molar-refractivity contribution in [2.24, 2.45) is 5.18 Å². The molecule has 1 unspecified atom stereocenters. The number of nitroso groups, excluding NO2 is 1. The van der Waals surface area contributed by atoms with E-state index in [0.29, 0.717) is 6.61 Å². The Labute approximate surface area is 66.9 Å². The van der Waals surface area contributed by atoms with Gasteiger partial charge in [-0.05, 0) is 13.3 Å². The molecule has 1 atom stereocenters. The highest BCUT2D eigenvalue weighted by molar-refractivity contribution is 4.41. The fraction of sp³-hybridized carbons (Fsp3) is 1.00. The lowest BCUT2D eigenvalue weighted by molar-refractivity contribution is -0.0822. The van der Waals surface area contributed by atoms with Gasteiger partial charge in [-0.25, -0.2) is 0 Å². The Morgan fingerprint density at radius 1 is 1.55 bits per heavy atom. The van der Waals surface area contributed by atoms with E-state index in [4.69, 9.17) is 9.47 Å². The van der Waals surface area contributed by atoms with Crippen molar-refractivity contribution in [2.75, 3.05) is 19.9 Å². The molecule has 0 saturated heterocycles. The largest absolute Gasteiger partial charge is 0.353 e. The van der Waals surface area contributed by atoms with Crippen LogP contribution in [-0.2, 0) is 9.47 Å². The van der Waals surface area contributed by atoms with Crippen LogP contribution >= 0.6 is 0 Å². The molecule has 0 heterocycles. The van der Waals surface area contributed by atoms with Gasteiger partial charge in [-0.1, -0.05) is 12.1 Å². The van der Waals surface area contributed by atoms with Crippen molar-refractivity contribution >= 4 is 0 Å². The van der Waals surface area contributed by atoms with E-state index in [1.54, 1.807) is 0 Å². The topological polar surface area (TPSA) is 47.9 Å². The average molecular weight is 161 g/mol. The summed E-state index contributed by atoms with van der Waals surface area (Å²) >= 11 is 0. The zero-order valence-corrected chi connectivity index (χ0v) is 7.08. The molecule has 0 aromatic rings. The third-order valence-electron chi connectivity index (χ3n) is 1.34. The molecule has 0 spiro atoms. The van der Waals surface area contributed by atoms with Gasteiger partial charge in [0, 0.05) is 0 Å². The Morgan fingerprint density at radius 3 is 2.82 bits per heavy atom. The Kier molecular flexibility index (Phi) is 7.29. The number of nitrogens with zero attached hydrogens (tertiary/aromatic N) is 1. The molecule has 4 heteroatoms. The van der Waals surface area contributed by atoms with Crippen LogP contribution in [0.1, 0.15) is 20.3 Å². The number of hydrogen-bond donors (Lipinski definition) is 0. The third-order valence-corrected chi connectivity index (χ3v) is 1.34. The summed E-state index contributed by atoms with van der Waals surface area (Å²) in [5, 5.41) is 2.64. The molecule has 0 radical (unpaired) electrons. The zero-order chi connectivity index (χ0) is 8.53. The van der Waals surface area contributed by atoms with Crippen molar-refractivity contribution < 1.29 is 9.47 Å². The molecule has 0 N–H and O–H groups in total. The summed E-state index contributed by atoms with van der Waals surface area (Å²) in [5.41, 5.74) is 0. The summed E-state index contributed by atoms with van der Waals surface area (Å²) in [6, 6.07) is 0. The number of hydrogen-bond acceptors (Lipinski definition) is 4. The molecule has 4 nitrogen and oxygen atoms in total. The maximum atomic E-state index is 9.59. The fourth-order valence-corrected chi connectivity index (χ4v) is 0.443. The van der Waals surface area contributed by atoms with Crippen LogP contribution in [0.3, 0.4) is 0 Å². The van der Waals surface area contributed by atoms with Crippen LogP contribution in [-0.4, -0.2) is 26.0 Å². The van der Waals surface area contributed by atoms with E-state index in [0.717, 1.165) is 6.42 Å². The Morgan fingerprint density at radius 2 is 2.27 bits per heavy atom. The maximum Gasteiger partial charge on any atom is 0.147 e. The first kappa shape index (κ1) is 10.5. The summed E-state index contributed by atoms with van der Waals surface area (Å²) in [4.78, 5) is 9.59. The van der Waals surface area contributed by atoms with Gasteiger partial charge >= 0.3 is 0 Å². The standard InChI is InChI=1S/C7H15NO3/c1-3-7(2)11-6-10-5-4-8-9/h7H,3-6H2,1-2H3. The van der Waals surface area contributed by atoms with E-state index in [2.05, 4.69) is 5.18 Å². The number of rotatable bonds is 7. The SMILES string of the molecule is CCC(C)OCOCCN=O. The lowest BCUT2D eigenvalue weighted by Gasteiger charge is -2.09. The molecule has 0 saturated carbocycles. The fourth-order valence-electron chi connectivity index (χ4n) is 0.443. The second-order valence-electron chi connectivity index (χ2n) is 2.26. The molecule has 0 fully saturated rings. The molecular formula is C7H15NO3. The van der Waals surface area contributed by atoms with Gasteiger partial charge in [-0.15, -0.1) is 0 Å². The van der Waals surface area contributed by atoms with Gasteiger partial charge in [0.25, 0.3) is 0 Å². The first-order valence-corrected chi connectivity index (χ1v) is 3.79. The van der Waals surface area contributed by atoms with Crippen molar-refractivity contribution in [1.29, 1.82) is 0 Å². The Bertz CT molecular complexity index is 97.7. The van der Waals surface area contributed by atoms with Gasteiger partial charge in [-0.2, -0.15) is 4.91 Å². The lowest BCUT2D eigenvalue weighted by atomic mass is 10.3. The predicted molar refractivity (Wildman–Crippen MR) is 42.3 cm³/mol. The van der Waals surface area contributed by atoms with Crippen LogP contribution in [0.5, 0.6) is 0 Å². The Balaban J connectivity index is 2.95. The van der Waals surface area contributed by atoms with Gasteiger partial charge in [0.1, 0.15) is 13.3 Å². The highest BCUT2D eigenvalue weighted by atomic mass is 16.7. The van der Waals surface area contributed by atoms with Crippen LogP contribution in [0.25, 0.3) is 0 Å². The molecule has 0 amide bonds. The molecule has 0 aliphatic rings. The summed E-state index contributed by atoms with van der Waals surface area (Å²) < 4.78 is 10.1.